The van der Waals surface area contributed by atoms with Gasteiger partial charge < -0.3 is 5.32 Å². The van der Waals surface area contributed by atoms with Crippen molar-refractivity contribution in [2.45, 2.75) is 33.2 Å². The largest absolute Gasteiger partial charge is 0.345 e. The minimum absolute atomic E-state index is 0.191. The molecule has 0 saturated heterocycles. The Labute approximate surface area is 112 Å². The SMILES string of the molecule is Cc1nc(C(=O)NC(C)(C)C)nn1-c1ccccc1. The van der Waals surface area contributed by atoms with E-state index in [0.29, 0.717) is 5.82 Å². The molecule has 100 valence electrons. The lowest BCUT2D eigenvalue weighted by atomic mass is 10.1. The fourth-order valence-electron chi connectivity index (χ4n) is 1.70. The average molecular weight is 258 g/mol. The Bertz CT molecular complexity index is 581. The van der Waals surface area contributed by atoms with E-state index in [1.807, 2.05) is 58.0 Å². The predicted octanol–water partition coefficient (Wildman–Crippen LogP) is 2.10. The van der Waals surface area contributed by atoms with Gasteiger partial charge in [-0.1, -0.05) is 18.2 Å². The second kappa shape index (κ2) is 4.84. The molecule has 1 heterocycles. The average Bonchev–Trinajstić information content (AvgIpc) is 2.70. The Hall–Kier alpha value is -2.17. The van der Waals surface area contributed by atoms with Gasteiger partial charge in [-0.2, -0.15) is 0 Å². The zero-order valence-electron chi connectivity index (χ0n) is 11.6. The fraction of sp³-hybridized carbons (Fsp3) is 0.357. The molecule has 1 N–H and O–H groups in total. The predicted molar refractivity (Wildman–Crippen MR) is 73.3 cm³/mol. The molecule has 5 heteroatoms. The van der Waals surface area contributed by atoms with E-state index >= 15 is 0 Å². The minimum Gasteiger partial charge on any atom is -0.345 e. The van der Waals surface area contributed by atoms with Crippen LogP contribution in [0.1, 0.15) is 37.2 Å². The van der Waals surface area contributed by atoms with Crippen molar-refractivity contribution < 1.29 is 4.79 Å². The highest BCUT2D eigenvalue weighted by Gasteiger charge is 2.20. The molecule has 1 aromatic heterocycles. The number of carbonyl (C=O) groups is 1. The number of carbonyl (C=O) groups excluding carboxylic acids is 1. The minimum atomic E-state index is -0.302. The maximum atomic E-state index is 12.0. The van der Waals surface area contributed by atoms with Crippen LogP contribution in [-0.4, -0.2) is 26.2 Å². The van der Waals surface area contributed by atoms with Crippen molar-refractivity contribution in [3.8, 4) is 5.69 Å². The number of hydrogen-bond donors (Lipinski definition) is 1. The highest BCUT2D eigenvalue weighted by molar-refractivity contribution is 5.90. The van der Waals surface area contributed by atoms with E-state index in [-0.39, 0.29) is 17.3 Å². The fourth-order valence-corrected chi connectivity index (χ4v) is 1.70. The van der Waals surface area contributed by atoms with Crippen LogP contribution in [0.4, 0.5) is 0 Å². The summed E-state index contributed by atoms with van der Waals surface area (Å²) in [4.78, 5) is 16.2. The first-order valence-electron chi connectivity index (χ1n) is 6.18. The summed E-state index contributed by atoms with van der Waals surface area (Å²) in [7, 11) is 0. The van der Waals surface area contributed by atoms with Gasteiger partial charge in [0.15, 0.2) is 0 Å². The van der Waals surface area contributed by atoms with Crippen molar-refractivity contribution in [2.24, 2.45) is 0 Å². The molecule has 2 aromatic rings. The van der Waals surface area contributed by atoms with Crippen LogP contribution in [0.5, 0.6) is 0 Å². The summed E-state index contributed by atoms with van der Waals surface area (Å²) in [5, 5.41) is 7.11. The molecule has 5 nitrogen and oxygen atoms in total. The van der Waals surface area contributed by atoms with Crippen molar-refractivity contribution in [3.63, 3.8) is 0 Å². The topological polar surface area (TPSA) is 59.8 Å². The number of benzene rings is 1. The van der Waals surface area contributed by atoms with E-state index in [9.17, 15) is 4.79 Å². The first-order chi connectivity index (χ1) is 8.87. The van der Waals surface area contributed by atoms with Crippen LogP contribution < -0.4 is 5.32 Å². The first-order valence-corrected chi connectivity index (χ1v) is 6.18. The second-order valence-electron chi connectivity index (χ2n) is 5.43. The van der Waals surface area contributed by atoms with Crippen molar-refractivity contribution >= 4 is 5.91 Å². The van der Waals surface area contributed by atoms with Crippen LogP contribution in [0.25, 0.3) is 5.69 Å². The summed E-state index contributed by atoms with van der Waals surface area (Å²) in [6.45, 7) is 7.59. The lowest BCUT2D eigenvalue weighted by molar-refractivity contribution is 0.0909. The molecule has 0 aliphatic heterocycles. The number of aryl methyl sites for hydroxylation is 1. The molecule has 0 aliphatic rings. The second-order valence-corrected chi connectivity index (χ2v) is 5.43. The summed E-state index contributed by atoms with van der Waals surface area (Å²) in [6.07, 6.45) is 0. The smallest absolute Gasteiger partial charge is 0.291 e. The van der Waals surface area contributed by atoms with E-state index in [1.54, 1.807) is 4.68 Å². The molecule has 19 heavy (non-hydrogen) atoms. The van der Waals surface area contributed by atoms with Gasteiger partial charge in [0.25, 0.3) is 5.91 Å². The zero-order chi connectivity index (χ0) is 14.0. The summed E-state index contributed by atoms with van der Waals surface area (Å²) >= 11 is 0. The molecular weight excluding hydrogens is 240 g/mol. The van der Waals surface area contributed by atoms with Crippen LogP contribution >= 0.6 is 0 Å². The Morgan fingerprint density at radius 1 is 1.21 bits per heavy atom. The van der Waals surface area contributed by atoms with E-state index in [0.717, 1.165) is 5.69 Å². The number of aromatic nitrogens is 3. The lowest BCUT2D eigenvalue weighted by Gasteiger charge is -2.18. The molecule has 0 saturated carbocycles. The van der Waals surface area contributed by atoms with Crippen LogP contribution in [0.2, 0.25) is 0 Å². The molecule has 0 bridgehead atoms. The van der Waals surface area contributed by atoms with Crippen molar-refractivity contribution in [2.75, 3.05) is 0 Å². The number of nitrogens with one attached hydrogen (secondary N) is 1. The number of amides is 1. The van der Waals surface area contributed by atoms with Gasteiger partial charge in [-0.05, 0) is 39.8 Å². The lowest BCUT2D eigenvalue weighted by Crippen LogP contribution is -2.41. The Kier molecular flexibility index (Phi) is 3.38. The summed E-state index contributed by atoms with van der Waals surface area (Å²) in [5.41, 5.74) is 0.589. The number of hydrogen-bond acceptors (Lipinski definition) is 3. The van der Waals surface area contributed by atoms with Gasteiger partial charge >= 0.3 is 0 Å². The third-order valence-corrected chi connectivity index (χ3v) is 2.46. The normalized spacial score (nSPS) is 11.4. The monoisotopic (exact) mass is 258 g/mol. The maximum absolute atomic E-state index is 12.0. The van der Waals surface area contributed by atoms with Gasteiger partial charge in [0.1, 0.15) is 5.82 Å². The summed E-state index contributed by atoms with van der Waals surface area (Å²) in [5.74, 6) is 0.617. The molecule has 0 spiro atoms. The number of rotatable bonds is 2. The van der Waals surface area contributed by atoms with Gasteiger partial charge in [-0.3, -0.25) is 4.79 Å². The molecular formula is C14H18N4O. The van der Waals surface area contributed by atoms with E-state index in [4.69, 9.17) is 0 Å². The number of para-hydroxylation sites is 1. The highest BCUT2D eigenvalue weighted by Crippen LogP contribution is 2.09. The first kappa shape index (κ1) is 13.3. The van der Waals surface area contributed by atoms with E-state index in [2.05, 4.69) is 15.4 Å². The van der Waals surface area contributed by atoms with Gasteiger partial charge in [-0.25, -0.2) is 9.67 Å². The number of nitrogens with zero attached hydrogens (tertiary/aromatic N) is 3. The third-order valence-electron chi connectivity index (χ3n) is 2.46. The highest BCUT2D eigenvalue weighted by atomic mass is 16.2. The molecule has 1 aromatic carbocycles. The standard InChI is InChI=1S/C14H18N4O/c1-10-15-12(13(19)16-14(2,3)4)17-18(10)11-8-6-5-7-9-11/h5-9H,1-4H3,(H,16,19). The van der Waals surface area contributed by atoms with Crippen molar-refractivity contribution in [1.82, 2.24) is 20.1 Å². The molecule has 0 atom stereocenters. The van der Waals surface area contributed by atoms with Gasteiger partial charge in [0, 0.05) is 5.54 Å². The summed E-state index contributed by atoms with van der Waals surface area (Å²) < 4.78 is 1.66. The van der Waals surface area contributed by atoms with Gasteiger partial charge in [0.05, 0.1) is 5.69 Å². The maximum Gasteiger partial charge on any atom is 0.291 e. The van der Waals surface area contributed by atoms with E-state index in [1.165, 1.54) is 0 Å². The molecule has 0 fully saturated rings. The Morgan fingerprint density at radius 2 is 1.84 bits per heavy atom. The van der Waals surface area contributed by atoms with Gasteiger partial charge in [0.2, 0.25) is 5.82 Å². The third kappa shape index (κ3) is 3.19. The van der Waals surface area contributed by atoms with Gasteiger partial charge in [-0.15, -0.1) is 5.10 Å². The summed E-state index contributed by atoms with van der Waals surface area (Å²) in [6, 6.07) is 9.62. The quantitative estimate of drug-likeness (QED) is 0.897. The Morgan fingerprint density at radius 3 is 2.42 bits per heavy atom. The molecule has 0 unspecified atom stereocenters. The molecule has 0 aliphatic carbocycles. The van der Waals surface area contributed by atoms with Crippen LogP contribution in [-0.2, 0) is 0 Å². The zero-order valence-corrected chi connectivity index (χ0v) is 11.6. The molecule has 0 radical (unpaired) electrons. The Balaban J connectivity index is 2.29. The molecule has 2 rings (SSSR count). The van der Waals surface area contributed by atoms with Crippen molar-refractivity contribution in [3.05, 3.63) is 42.0 Å². The van der Waals surface area contributed by atoms with E-state index < -0.39 is 0 Å². The van der Waals surface area contributed by atoms with Crippen molar-refractivity contribution in [1.29, 1.82) is 0 Å². The van der Waals surface area contributed by atoms with Crippen LogP contribution in [0.15, 0.2) is 30.3 Å². The van der Waals surface area contributed by atoms with Crippen LogP contribution in [0.3, 0.4) is 0 Å². The molecule has 1 amide bonds. The van der Waals surface area contributed by atoms with Crippen LogP contribution in [0, 0.1) is 6.92 Å².